The Kier molecular flexibility index (Phi) is 8.09. The van der Waals surface area contributed by atoms with Crippen molar-refractivity contribution in [3.8, 4) is 0 Å². The predicted octanol–water partition coefficient (Wildman–Crippen LogP) is 8.19. The number of hydrogen-bond acceptors (Lipinski definition) is 1. The van der Waals surface area contributed by atoms with Crippen LogP contribution in [0, 0.1) is 6.92 Å². The van der Waals surface area contributed by atoms with Crippen LogP contribution in [0.15, 0.2) is 140 Å². The molecule has 0 saturated carbocycles. The van der Waals surface area contributed by atoms with Gasteiger partial charge in [-0.25, -0.2) is 4.44 Å². The van der Waals surface area contributed by atoms with Gasteiger partial charge in [-0.15, -0.1) is 0 Å². The molecule has 38 heavy (non-hydrogen) atoms. The van der Waals surface area contributed by atoms with Gasteiger partial charge in [-0.3, -0.25) is 0 Å². The van der Waals surface area contributed by atoms with Gasteiger partial charge in [0.1, 0.15) is 10.6 Å². The first-order valence-corrected chi connectivity index (χ1v) is 16.8. The molecule has 0 unspecified atom stereocenters. The molecule has 0 spiro atoms. The molecule has 0 aliphatic heterocycles. The third kappa shape index (κ3) is 5.07. The van der Waals surface area contributed by atoms with E-state index in [0.29, 0.717) is 5.92 Å². The smallest absolute Gasteiger partial charge is 0.171 e. The van der Waals surface area contributed by atoms with E-state index < -0.39 is 15.5 Å². The Balaban J connectivity index is 1.93. The van der Waals surface area contributed by atoms with Crippen molar-refractivity contribution in [3.05, 3.63) is 151 Å². The highest BCUT2D eigenvalue weighted by Gasteiger charge is 2.50. The normalized spacial score (nSPS) is 11.6. The van der Waals surface area contributed by atoms with E-state index in [0.717, 1.165) is 0 Å². The summed E-state index contributed by atoms with van der Waals surface area (Å²) in [5, 5.41) is 5.52. The van der Waals surface area contributed by atoms with Gasteiger partial charge in [0.15, 0.2) is 7.41 Å². The minimum absolute atomic E-state index is 0.399. The summed E-state index contributed by atoms with van der Waals surface area (Å²) in [5.74, 6) is 0.399. The Morgan fingerprint density at radius 1 is 0.553 bits per heavy atom. The van der Waals surface area contributed by atoms with Crippen molar-refractivity contribution in [2.45, 2.75) is 26.7 Å². The third-order valence-corrected chi connectivity index (χ3v) is 14.5. The van der Waals surface area contributed by atoms with E-state index in [2.05, 4.69) is 171 Å². The van der Waals surface area contributed by atoms with Gasteiger partial charge >= 0.3 is 0 Å². The molecule has 0 N–H and O–H groups in total. The molecule has 1 nitrogen and oxygen atoms in total. The lowest BCUT2D eigenvalue weighted by molar-refractivity contribution is 0.866. The van der Waals surface area contributed by atoms with E-state index in [9.17, 15) is 0 Å². The quantitative estimate of drug-likeness (QED) is 0.182. The molecule has 0 aromatic heterocycles. The van der Waals surface area contributed by atoms with Gasteiger partial charge in [0.25, 0.3) is 0 Å². The lowest BCUT2D eigenvalue weighted by Crippen LogP contribution is -2.39. The molecule has 0 amide bonds. The number of anilines is 1. The summed E-state index contributed by atoms with van der Waals surface area (Å²) in [7, 11) is -3.02. The zero-order valence-electron chi connectivity index (χ0n) is 22.7. The molecule has 0 heterocycles. The summed E-state index contributed by atoms with van der Waals surface area (Å²) in [4.78, 5) is 0. The zero-order valence-corrected chi connectivity index (χ0v) is 24.5. The second-order valence-electron chi connectivity index (χ2n) is 10.1. The monoisotopic (exact) mass is 532 g/mol. The minimum Gasteiger partial charge on any atom is -0.211 e. The SMILES string of the molecule is Cc1cccc(C(C)C)c1N(P(c1ccccc1)c1ccccc1)[P+](C)(c1ccccc1)c1ccccc1. The standard InChI is InChI=1S/C35H36NP2/c1-28(2)34-27-17-18-29(3)35(34)36(37(30-19-9-5-10-20-30)31-21-11-6-12-22-31)38(4,32-23-13-7-14-24-32)33-25-15-8-16-26-33/h5-28H,1-4H3/q+1. The summed E-state index contributed by atoms with van der Waals surface area (Å²) in [6, 6.07) is 51.5. The van der Waals surface area contributed by atoms with Gasteiger partial charge < -0.3 is 0 Å². The van der Waals surface area contributed by atoms with Crippen molar-refractivity contribution in [2.24, 2.45) is 0 Å². The minimum atomic E-state index is -2.12. The van der Waals surface area contributed by atoms with Gasteiger partial charge in [-0.05, 0) is 48.2 Å². The Labute approximate surface area is 230 Å². The van der Waals surface area contributed by atoms with E-state index in [1.165, 1.54) is 38.0 Å². The molecular formula is C35H36NP2+. The van der Waals surface area contributed by atoms with Crippen LogP contribution in [0.2, 0.25) is 0 Å². The molecule has 0 bridgehead atoms. The van der Waals surface area contributed by atoms with E-state index in [1.54, 1.807) is 0 Å². The van der Waals surface area contributed by atoms with E-state index in [4.69, 9.17) is 0 Å². The van der Waals surface area contributed by atoms with Crippen LogP contribution in [0.1, 0.15) is 30.9 Å². The highest BCUT2D eigenvalue weighted by molar-refractivity contribution is 8.00. The number of hydrogen-bond donors (Lipinski definition) is 0. The van der Waals surface area contributed by atoms with Crippen molar-refractivity contribution >= 4 is 42.4 Å². The number of aryl methyl sites for hydroxylation is 1. The number of rotatable bonds is 8. The van der Waals surface area contributed by atoms with Gasteiger partial charge in [-0.2, -0.15) is 0 Å². The van der Waals surface area contributed by atoms with Gasteiger partial charge in [-0.1, -0.05) is 129 Å². The lowest BCUT2D eigenvalue weighted by Gasteiger charge is -2.42. The molecule has 5 aromatic carbocycles. The Morgan fingerprint density at radius 3 is 1.39 bits per heavy atom. The summed E-state index contributed by atoms with van der Waals surface area (Å²) in [6.07, 6.45) is 0. The van der Waals surface area contributed by atoms with Crippen molar-refractivity contribution < 1.29 is 0 Å². The van der Waals surface area contributed by atoms with Crippen LogP contribution in [0.3, 0.4) is 0 Å². The third-order valence-electron chi connectivity index (χ3n) is 7.18. The molecule has 0 aliphatic carbocycles. The van der Waals surface area contributed by atoms with E-state index in [1.807, 2.05) is 0 Å². The van der Waals surface area contributed by atoms with Crippen LogP contribution in [0.25, 0.3) is 0 Å². The molecule has 0 aliphatic rings. The second kappa shape index (κ2) is 11.7. The zero-order chi connectivity index (χ0) is 26.5. The molecule has 0 radical (unpaired) electrons. The number of para-hydroxylation sites is 1. The molecule has 5 aromatic rings. The Bertz CT molecular complexity index is 1370. The fourth-order valence-corrected chi connectivity index (χ4v) is 12.9. The van der Waals surface area contributed by atoms with Crippen molar-refractivity contribution in [1.82, 2.24) is 0 Å². The van der Waals surface area contributed by atoms with E-state index in [-0.39, 0.29) is 0 Å². The van der Waals surface area contributed by atoms with Crippen LogP contribution in [0.4, 0.5) is 5.69 Å². The van der Waals surface area contributed by atoms with Crippen molar-refractivity contribution in [2.75, 3.05) is 11.1 Å². The predicted molar refractivity (Wildman–Crippen MR) is 172 cm³/mol. The molecular weight excluding hydrogens is 496 g/mol. The highest BCUT2D eigenvalue weighted by Crippen LogP contribution is 2.68. The first-order chi connectivity index (χ1) is 18.5. The fraction of sp³-hybridized carbons (Fsp3) is 0.143. The Morgan fingerprint density at radius 2 is 0.974 bits per heavy atom. The van der Waals surface area contributed by atoms with Crippen LogP contribution in [-0.2, 0) is 0 Å². The first kappa shape index (κ1) is 26.4. The molecule has 5 rings (SSSR count). The molecule has 190 valence electrons. The second-order valence-corrected chi connectivity index (χ2v) is 15.8. The molecule has 3 heteroatoms. The highest BCUT2D eigenvalue weighted by atomic mass is 31.2. The Hall–Kier alpha value is -3.24. The van der Waals surface area contributed by atoms with E-state index >= 15 is 0 Å². The van der Waals surface area contributed by atoms with Gasteiger partial charge in [0, 0.05) is 10.6 Å². The number of nitrogens with zero attached hydrogens (tertiary/aromatic N) is 1. The molecule has 0 atom stereocenters. The summed E-state index contributed by atoms with van der Waals surface area (Å²) in [6.45, 7) is 9.46. The summed E-state index contributed by atoms with van der Waals surface area (Å²) in [5.41, 5.74) is 4.11. The van der Waals surface area contributed by atoms with Gasteiger partial charge in [0.05, 0.1) is 20.4 Å². The first-order valence-electron chi connectivity index (χ1n) is 13.3. The van der Waals surface area contributed by atoms with Gasteiger partial charge in [0.2, 0.25) is 0 Å². The molecule has 0 fully saturated rings. The topological polar surface area (TPSA) is 3.24 Å². The average molecular weight is 533 g/mol. The van der Waals surface area contributed by atoms with Crippen LogP contribution >= 0.6 is 15.5 Å². The van der Waals surface area contributed by atoms with Crippen LogP contribution in [0.5, 0.6) is 0 Å². The maximum Gasteiger partial charge on any atom is 0.171 e. The van der Waals surface area contributed by atoms with Crippen LogP contribution < -0.4 is 25.7 Å². The molecule has 0 saturated heterocycles. The maximum atomic E-state index is 2.88. The largest absolute Gasteiger partial charge is 0.211 e. The average Bonchev–Trinajstić information content (AvgIpc) is 2.97. The lowest BCUT2D eigenvalue weighted by atomic mass is 9.99. The van der Waals surface area contributed by atoms with Crippen LogP contribution in [-0.4, -0.2) is 6.66 Å². The van der Waals surface area contributed by atoms with Crippen molar-refractivity contribution in [1.29, 1.82) is 0 Å². The van der Waals surface area contributed by atoms with Crippen molar-refractivity contribution in [3.63, 3.8) is 0 Å². The fourth-order valence-electron chi connectivity index (χ4n) is 5.21. The maximum absolute atomic E-state index is 2.88. The summed E-state index contributed by atoms with van der Waals surface area (Å²) >= 11 is 0. The summed E-state index contributed by atoms with van der Waals surface area (Å²) < 4.78 is 2.88. The number of benzene rings is 5.